The van der Waals surface area contributed by atoms with Crippen molar-refractivity contribution in [2.75, 3.05) is 0 Å². The number of rotatable bonds is 4. The van der Waals surface area contributed by atoms with Crippen LogP contribution in [0.5, 0.6) is 0 Å². The van der Waals surface area contributed by atoms with E-state index in [0.29, 0.717) is 5.52 Å². The third-order valence-corrected chi connectivity index (χ3v) is 4.28. The van der Waals surface area contributed by atoms with Crippen LogP contribution in [0.4, 0.5) is 0 Å². The van der Waals surface area contributed by atoms with Crippen LogP contribution in [0.3, 0.4) is 0 Å². The van der Waals surface area contributed by atoms with E-state index in [9.17, 15) is 9.90 Å². The summed E-state index contributed by atoms with van der Waals surface area (Å²) in [5, 5.41) is 11.3. The summed E-state index contributed by atoms with van der Waals surface area (Å²) in [4.78, 5) is 16.8. The van der Waals surface area contributed by atoms with Gasteiger partial charge in [0, 0.05) is 17.3 Å². The first-order chi connectivity index (χ1) is 9.66. The molecule has 0 radical (unpaired) electrons. The molecule has 0 bridgehead atoms. The van der Waals surface area contributed by atoms with Gasteiger partial charge in [-0.15, -0.1) is 11.3 Å². The third-order valence-electron chi connectivity index (χ3n) is 3.39. The molecule has 2 aromatic heterocycles. The lowest BCUT2D eigenvalue weighted by molar-refractivity contribution is 0.0699. The summed E-state index contributed by atoms with van der Waals surface area (Å²) in [5.41, 5.74) is 1.68. The third kappa shape index (κ3) is 2.20. The van der Waals surface area contributed by atoms with Crippen molar-refractivity contribution in [3.63, 3.8) is 0 Å². The number of carboxylic acid groups (broad SMARTS) is 1. The fourth-order valence-corrected chi connectivity index (χ4v) is 3.23. The number of carboxylic acids is 1. The molecule has 1 unspecified atom stereocenters. The second kappa shape index (κ2) is 5.09. The van der Waals surface area contributed by atoms with Gasteiger partial charge in [0.1, 0.15) is 5.52 Å². The number of imidazole rings is 1. The summed E-state index contributed by atoms with van der Waals surface area (Å²) in [6.45, 7) is 2.12. The molecule has 1 atom stereocenters. The number of para-hydroxylation sites is 1. The predicted molar refractivity (Wildman–Crippen MR) is 79.4 cm³/mol. The predicted octanol–water partition coefficient (Wildman–Crippen LogP) is 3.60. The van der Waals surface area contributed by atoms with Gasteiger partial charge in [-0.2, -0.15) is 0 Å². The maximum absolute atomic E-state index is 11.2. The van der Waals surface area contributed by atoms with Gasteiger partial charge in [0.25, 0.3) is 0 Å². The lowest BCUT2D eigenvalue weighted by Crippen LogP contribution is -2.06. The van der Waals surface area contributed by atoms with Crippen molar-refractivity contribution in [3.8, 4) is 0 Å². The van der Waals surface area contributed by atoms with Crippen molar-refractivity contribution in [1.29, 1.82) is 0 Å². The molecule has 0 aliphatic carbocycles. The Hall–Kier alpha value is -2.14. The van der Waals surface area contributed by atoms with Crippen LogP contribution in [0.15, 0.2) is 42.0 Å². The van der Waals surface area contributed by atoms with E-state index in [1.54, 1.807) is 29.8 Å². The molecular weight excluding hydrogens is 272 g/mol. The highest BCUT2D eigenvalue weighted by Gasteiger charge is 2.15. The Morgan fingerprint density at radius 2 is 2.25 bits per heavy atom. The minimum atomic E-state index is -0.938. The van der Waals surface area contributed by atoms with Gasteiger partial charge in [0.2, 0.25) is 0 Å². The average Bonchev–Trinajstić information content (AvgIpc) is 3.06. The minimum absolute atomic E-state index is 0.239. The van der Waals surface area contributed by atoms with Gasteiger partial charge in [-0.1, -0.05) is 12.1 Å². The molecule has 102 valence electrons. The number of carbonyl (C=O) groups is 1. The standard InChI is InChI=1S/C15H14N2O2S/c1-10(8-11-4-3-7-20-11)17-9-16-14-12(15(18)19)5-2-6-13(14)17/h2-7,9-10H,8H2,1H3,(H,18,19). The largest absolute Gasteiger partial charge is 0.478 e. The number of nitrogens with zero attached hydrogens (tertiary/aromatic N) is 2. The molecule has 0 amide bonds. The molecule has 0 aliphatic heterocycles. The van der Waals surface area contributed by atoms with Gasteiger partial charge in [-0.25, -0.2) is 9.78 Å². The number of hydrogen-bond donors (Lipinski definition) is 1. The van der Waals surface area contributed by atoms with Gasteiger partial charge in [-0.3, -0.25) is 0 Å². The molecule has 0 saturated heterocycles. The minimum Gasteiger partial charge on any atom is -0.478 e. The number of aromatic nitrogens is 2. The van der Waals surface area contributed by atoms with Crippen molar-refractivity contribution >= 4 is 28.3 Å². The van der Waals surface area contributed by atoms with E-state index >= 15 is 0 Å². The summed E-state index contributed by atoms with van der Waals surface area (Å²) in [6, 6.07) is 9.67. The Kier molecular flexibility index (Phi) is 3.28. The second-order valence-corrected chi connectivity index (χ2v) is 5.80. The molecule has 0 spiro atoms. The van der Waals surface area contributed by atoms with Gasteiger partial charge in [0.15, 0.2) is 0 Å². The van der Waals surface area contributed by atoms with E-state index in [1.807, 2.05) is 16.7 Å². The first-order valence-electron chi connectivity index (χ1n) is 6.38. The Labute approximate surface area is 120 Å². The molecule has 1 aromatic carbocycles. The first kappa shape index (κ1) is 12.9. The number of benzene rings is 1. The monoisotopic (exact) mass is 286 g/mol. The second-order valence-electron chi connectivity index (χ2n) is 4.76. The van der Waals surface area contributed by atoms with Crippen LogP contribution in [0.2, 0.25) is 0 Å². The van der Waals surface area contributed by atoms with Crippen molar-refractivity contribution in [1.82, 2.24) is 9.55 Å². The van der Waals surface area contributed by atoms with E-state index < -0.39 is 5.97 Å². The zero-order valence-electron chi connectivity index (χ0n) is 11.0. The smallest absolute Gasteiger partial charge is 0.337 e. The van der Waals surface area contributed by atoms with Crippen LogP contribution in [-0.4, -0.2) is 20.6 Å². The number of aromatic carboxylic acids is 1. The van der Waals surface area contributed by atoms with Gasteiger partial charge < -0.3 is 9.67 Å². The molecule has 3 aromatic rings. The maximum Gasteiger partial charge on any atom is 0.337 e. The summed E-state index contributed by atoms with van der Waals surface area (Å²) >= 11 is 1.73. The molecule has 0 aliphatic rings. The molecular formula is C15H14N2O2S. The summed E-state index contributed by atoms with van der Waals surface area (Å²) < 4.78 is 2.04. The lowest BCUT2D eigenvalue weighted by atomic mass is 10.1. The van der Waals surface area contributed by atoms with E-state index in [0.717, 1.165) is 11.9 Å². The highest BCUT2D eigenvalue weighted by molar-refractivity contribution is 7.09. The topological polar surface area (TPSA) is 55.1 Å². The van der Waals surface area contributed by atoms with Crippen LogP contribution in [-0.2, 0) is 6.42 Å². The van der Waals surface area contributed by atoms with Crippen LogP contribution in [0, 0.1) is 0 Å². The Bertz CT molecular complexity index is 746. The van der Waals surface area contributed by atoms with Gasteiger partial charge >= 0.3 is 5.97 Å². The number of hydrogen-bond acceptors (Lipinski definition) is 3. The lowest BCUT2D eigenvalue weighted by Gasteiger charge is -2.13. The highest BCUT2D eigenvalue weighted by atomic mass is 32.1. The average molecular weight is 286 g/mol. The molecule has 4 nitrogen and oxygen atoms in total. The van der Waals surface area contributed by atoms with Crippen LogP contribution in [0.1, 0.15) is 28.2 Å². The fourth-order valence-electron chi connectivity index (χ4n) is 2.40. The summed E-state index contributed by atoms with van der Waals surface area (Å²) in [6.07, 6.45) is 2.65. The summed E-state index contributed by atoms with van der Waals surface area (Å²) in [7, 11) is 0. The van der Waals surface area contributed by atoms with Crippen LogP contribution >= 0.6 is 11.3 Å². The molecule has 1 N–H and O–H groups in total. The van der Waals surface area contributed by atoms with Crippen molar-refractivity contribution in [2.24, 2.45) is 0 Å². The van der Waals surface area contributed by atoms with Crippen molar-refractivity contribution < 1.29 is 9.90 Å². The molecule has 3 rings (SSSR count). The zero-order valence-corrected chi connectivity index (χ0v) is 11.8. The Morgan fingerprint density at radius 3 is 2.95 bits per heavy atom. The molecule has 20 heavy (non-hydrogen) atoms. The van der Waals surface area contributed by atoms with E-state index in [1.165, 1.54) is 4.88 Å². The normalized spacial score (nSPS) is 12.7. The summed E-state index contributed by atoms with van der Waals surface area (Å²) in [5.74, 6) is -0.938. The van der Waals surface area contributed by atoms with Crippen molar-refractivity contribution in [2.45, 2.75) is 19.4 Å². The van der Waals surface area contributed by atoms with Crippen molar-refractivity contribution in [3.05, 3.63) is 52.5 Å². The van der Waals surface area contributed by atoms with E-state index in [-0.39, 0.29) is 11.6 Å². The Balaban J connectivity index is 2.00. The first-order valence-corrected chi connectivity index (χ1v) is 7.26. The van der Waals surface area contributed by atoms with E-state index in [2.05, 4.69) is 23.4 Å². The quantitative estimate of drug-likeness (QED) is 0.797. The zero-order chi connectivity index (χ0) is 14.1. The maximum atomic E-state index is 11.2. The molecule has 0 saturated carbocycles. The molecule has 5 heteroatoms. The van der Waals surface area contributed by atoms with E-state index in [4.69, 9.17) is 0 Å². The number of fused-ring (bicyclic) bond motifs is 1. The van der Waals surface area contributed by atoms with Gasteiger partial charge in [-0.05, 0) is 30.5 Å². The molecule has 0 fully saturated rings. The SMILES string of the molecule is CC(Cc1cccs1)n1cnc2c(C(=O)O)cccc21. The van der Waals surface area contributed by atoms with Crippen LogP contribution < -0.4 is 0 Å². The number of thiophene rings is 1. The van der Waals surface area contributed by atoms with Gasteiger partial charge in [0.05, 0.1) is 17.4 Å². The fraction of sp³-hybridized carbons (Fsp3) is 0.200. The Morgan fingerprint density at radius 1 is 1.40 bits per heavy atom. The highest BCUT2D eigenvalue weighted by Crippen LogP contribution is 2.24. The molecule has 2 heterocycles. The van der Waals surface area contributed by atoms with Crippen LogP contribution in [0.25, 0.3) is 11.0 Å².